The molecule has 3 rings (SSSR count). The number of carbonyl (C=O) groups is 2. The molecule has 0 saturated heterocycles. The molecule has 1 N–H and O–H groups in total. The number of hydrogen-bond donors (Lipinski definition) is 1. The minimum absolute atomic E-state index is 0.253. The molecule has 26 heavy (non-hydrogen) atoms. The smallest absolute Gasteiger partial charge is 0.303 e. The second-order valence-corrected chi connectivity index (χ2v) is 7.39. The largest absolute Gasteiger partial charge is 0.316 e. The summed E-state index contributed by atoms with van der Waals surface area (Å²) in [4.78, 5) is 27.1. The van der Waals surface area contributed by atoms with E-state index in [0.717, 1.165) is 10.5 Å². The molecule has 2 aromatic carbocycles. The van der Waals surface area contributed by atoms with Crippen LogP contribution in [0.5, 0.6) is 0 Å². The lowest BCUT2D eigenvalue weighted by molar-refractivity contribution is -0.892. The molecule has 1 unspecified atom stereocenters. The Bertz CT molecular complexity index is 862. The summed E-state index contributed by atoms with van der Waals surface area (Å²) >= 11 is 6.08. The summed E-state index contributed by atoms with van der Waals surface area (Å²) in [6.07, 6.45) is 0. The van der Waals surface area contributed by atoms with Gasteiger partial charge in [0.15, 0.2) is 6.67 Å². The van der Waals surface area contributed by atoms with Gasteiger partial charge >= 0.3 is 5.91 Å². The Balaban J connectivity index is 1.83. The summed E-state index contributed by atoms with van der Waals surface area (Å²) in [6.45, 7) is 4.64. The number of ketones is 1. The third-order valence-electron chi connectivity index (χ3n) is 4.63. The maximum absolute atomic E-state index is 14.0. The number of amides is 1. The number of Topliss-reactive ketones (excluding diaryl/α,β-unsaturated/α-hetero) is 1. The van der Waals surface area contributed by atoms with E-state index in [0.29, 0.717) is 28.4 Å². The molecule has 0 aliphatic carbocycles. The number of hydrogen-bond acceptors (Lipinski definition) is 2. The molecule has 0 spiro atoms. The van der Waals surface area contributed by atoms with Gasteiger partial charge in [-0.05, 0) is 35.7 Å². The third-order valence-corrected chi connectivity index (χ3v) is 4.98. The second-order valence-electron chi connectivity index (χ2n) is 6.99. The lowest BCUT2D eigenvalue weighted by Gasteiger charge is -2.22. The molecule has 1 aliphatic heterocycles. The van der Waals surface area contributed by atoms with Crippen LogP contribution in [-0.2, 0) is 11.3 Å². The molecule has 136 valence electrons. The predicted molar refractivity (Wildman–Crippen MR) is 99.2 cm³/mol. The first-order valence-electron chi connectivity index (χ1n) is 8.54. The van der Waals surface area contributed by atoms with Gasteiger partial charge in [0.1, 0.15) is 12.4 Å². The van der Waals surface area contributed by atoms with Crippen LogP contribution in [0.4, 0.5) is 10.1 Å². The minimum Gasteiger partial charge on any atom is -0.316 e. The van der Waals surface area contributed by atoms with Crippen molar-refractivity contribution in [3.63, 3.8) is 0 Å². The number of nitrogens with zero attached hydrogens (tertiary/aromatic N) is 1. The van der Waals surface area contributed by atoms with Crippen LogP contribution in [0.2, 0.25) is 5.02 Å². The van der Waals surface area contributed by atoms with Crippen molar-refractivity contribution in [3.05, 3.63) is 63.9 Å². The zero-order chi connectivity index (χ0) is 19.0. The molecule has 0 aromatic heterocycles. The van der Waals surface area contributed by atoms with Gasteiger partial charge < -0.3 is 4.90 Å². The SMILES string of the molecule is CC(C)c1ccc2c(c1)C(=O)C(=O)N2C[NH+](C)Cc1c(F)cccc1Cl. The fraction of sp³-hybridized carbons (Fsp3) is 0.300. The summed E-state index contributed by atoms with van der Waals surface area (Å²) in [5.74, 6) is -1.13. The van der Waals surface area contributed by atoms with Crippen LogP contribution >= 0.6 is 11.6 Å². The van der Waals surface area contributed by atoms with Gasteiger partial charge in [-0.2, -0.15) is 0 Å². The van der Waals surface area contributed by atoms with Gasteiger partial charge in [0.05, 0.1) is 28.9 Å². The maximum atomic E-state index is 14.0. The number of fused-ring (bicyclic) bond motifs is 1. The van der Waals surface area contributed by atoms with Gasteiger partial charge in [-0.25, -0.2) is 4.39 Å². The number of carbonyl (C=O) groups excluding carboxylic acids is 2. The monoisotopic (exact) mass is 375 g/mol. The van der Waals surface area contributed by atoms with Crippen molar-refractivity contribution in [1.29, 1.82) is 0 Å². The Labute approximate surface area is 157 Å². The molecule has 0 saturated carbocycles. The van der Waals surface area contributed by atoms with E-state index in [1.54, 1.807) is 18.2 Å². The van der Waals surface area contributed by atoms with E-state index in [4.69, 9.17) is 11.6 Å². The summed E-state index contributed by atoms with van der Waals surface area (Å²) in [5.41, 5.74) is 2.48. The van der Waals surface area contributed by atoms with Crippen molar-refractivity contribution in [2.24, 2.45) is 0 Å². The van der Waals surface area contributed by atoms with Gasteiger partial charge in [0, 0.05) is 0 Å². The quantitative estimate of drug-likeness (QED) is 0.816. The summed E-state index contributed by atoms with van der Waals surface area (Å²) < 4.78 is 14.0. The van der Waals surface area contributed by atoms with E-state index in [1.807, 2.05) is 33.0 Å². The predicted octanol–water partition coefficient (Wildman–Crippen LogP) is 2.80. The van der Waals surface area contributed by atoms with Crippen LogP contribution in [0, 0.1) is 5.82 Å². The molecule has 1 amide bonds. The average Bonchev–Trinajstić information content (AvgIpc) is 2.83. The molecule has 6 heteroatoms. The van der Waals surface area contributed by atoms with Crippen molar-refractivity contribution < 1.29 is 18.9 Å². The van der Waals surface area contributed by atoms with Gasteiger partial charge in [-0.3, -0.25) is 14.5 Å². The molecule has 1 aliphatic rings. The van der Waals surface area contributed by atoms with Crippen molar-refractivity contribution in [3.8, 4) is 0 Å². The Hall–Kier alpha value is -2.24. The van der Waals surface area contributed by atoms with Crippen LogP contribution in [0.15, 0.2) is 36.4 Å². The van der Waals surface area contributed by atoms with E-state index in [-0.39, 0.29) is 18.4 Å². The Morgan fingerprint density at radius 1 is 1.19 bits per heavy atom. The fourth-order valence-corrected chi connectivity index (χ4v) is 3.39. The molecule has 1 atom stereocenters. The lowest BCUT2D eigenvalue weighted by atomic mass is 9.99. The van der Waals surface area contributed by atoms with E-state index >= 15 is 0 Å². The molecule has 2 aromatic rings. The maximum Gasteiger partial charge on any atom is 0.303 e. The number of quaternary nitrogens is 1. The first kappa shape index (κ1) is 18.5. The number of nitrogens with one attached hydrogen (secondary N) is 1. The van der Waals surface area contributed by atoms with Crippen LogP contribution in [0.1, 0.15) is 41.3 Å². The van der Waals surface area contributed by atoms with Crippen LogP contribution in [0.3, 0.4) is 0 Å². The summed E-state index contributed by atoms with van der Waals surface area (Å²) in [5, 5.41) is 0.357. The molecular formula is C20H21ClFN2O2+. The highest BCUT2D eigenvalue weighted by Gasteiger charge is 2.37. The van der Waals surface area contributed by atoms with Crippen LogP contribution in [-0.4, -0.2) is 25.4 Å². The highest BCUT2D eigenvalue weighted by Crippen LogP contribution is 2.31. The molecular weight excluding hydrogens is 355 g/mol. The molecule has 0 radical (unpaired) electrons. The van der Waals surface area contributed by atoms with Gasteiger partial charge in [0.2, 0.25) is 0 Å². The van der Waals surface area contributed by atoms with Crippen molar-refractivity contribution in [2.75, 3.05) is 18.6 Å². The topological polar surface area (TPSA) is 41.8 Å². The minimum atomic E-state index is -0.542. The van der Waals surface area contributed by atoms with Crippen molar-refractivity contribution in [1.82, 2.24) is 0 Å². The van der Waals surface area contributed by atoms with Gasteiger partial charge in [0.25, 0.3) is 5.78 Å². The third kappa shape index (κ3) is 3.37. The zero-order valence-electron chi connectivity index (χ0n) is 15.0. The highest BCUT2D eigenvalue weighted by molar-refractivity contribution is 6.52. The van der Waals surface area contributed by atoms with Crippen LogP contribution < -0.4 is 9.80 Å². The van der Waals surface area contributed by atoms with E-state index < -0.39 is 11.7 Å². The Kier molecular flexibility index (Phi) is 5.12. The molecule has 0 bridgehead atoms. The highest BCUT2D eigenvalue weighted by atomic mass is 35.5. The van der Waals surface area contributed by atoms with Gasteiger partial charge in [-0.15, -0.1) is 0 Å². The number of benzene rings is 2. The first-order chi connectivity index (χ1) is 12.3. The summed E-state index contributed by atoms with van der Waals surface area (Å²) in [7, 11) is 1.83. The standard InChI is InChI=1S/C20H20ClFN2O2/c1-12(2)13-7-8-18-14(9-13)19(25)20(26)24(18)11-23(3)10-15-16(21)5-4-6-17(15)22/h4-9,12H,10-11H2,1-3H3/p+1. The van der Waals surface area contributed by atoms with E-state index in [1.165, 1.54) is 11.0 Å². The van der Waals surface area contributed by atoms with E-state index in [9.17, 15) is 14.0 Å². The van der Waals surface area contributed by atoms with Crippen molar-refractivity contribution >= 4 is 29.0 Å². The first-order valence-corrected chi connectivity index (χ1v) is 8.91. The zero-order valence-corrected chi connectivity index (χ0v) is 15.7. The number of anilines is 1. The average molecular weight is 376 g/mol. The summed E-state index contributed by atoms with van der Waals surface area (Å²) in [6, 6.07) is 10.1. The van der Waals surface area contributed by atoms with Crippen molar-refractivity contribution in [2.45, 2.75) is 26.3 Å². The van der Waals surface area contributed by atoms with E-state index in [2.05, 4.69) is 0 Å². The van der Waals surface area contributed by atoms with Crippen LogP contribution in [0.25, 0.3) is 0 Å². The Morgan fingerprint density at radius 3 is 2.58 bits per heavy atom. The normalized spacial score (nSPS) is 14.9. The second kappa shape index (κ2) is 7.17. The van der Waals surface area contributed by atoms with Gasteiger partial charge in [-0.1, -0.05) is 37.6 Å². The molecule has 4 nitrogen and oxygen atoms in total. The number of rotatable bonds is 5. The lowest BCUT2D eigenvalue weighted by Crippen LogP contribution is -3.09. The molecule has 0 fully saturated rings. The fourth-order valence-electron chi connectivity index (χ4n) is 3.16. The molecule has 1 heterocycles. The Morgan fingerprint density at radius 2 is 1.92 bits per heavy atom. The number of halogens is 2.